The van der Waals surface area contributed by atoms with Gasteiger partial charge < -0.3 is 15.2 Å². The number of likely N-dealkylation sites (tertiary alicyclic amines) is 1. The van der Waals surface area contributed by atoms with Gasteiger partial charge in [-0.3, -0.25) is 9.89 Å². The predicted octanol–water partition coefficient (Wildman–Crippen LogP) is 3.02. The minimum absolute atomic E-state index is 0.116. The number of piperidine rings is 1. The van der Waals surface area contributed by atoms with Crippen molar-refractivity contribution in [1.29, 1.82) is 0 Å². The number of alkyl halides is 2. The Bertz CT molecular complexity index is 905. The summed E-state index contributed by atoms with van der Waals surface area (Å²) in [6.07, 6.45) is -0.231. The summed E-state index contributed by atoms with van der Waals surface area (Å²) in [5, 5.41) is 10.8. The number of aromatic nitrogens is 3. The van der Waals surface area contributed by atoms with E-state index in [4.69, 9.17) is 0 Å². The Morgan fingerprint density at radius 3 is 2.78 bits per heavy atom. The van der Waals surface area contributed by atoms with E-state index in [9.17, 15) is 13.6 Å². The third-order valence-electron chi connectivity index (χ3n) is 4.93. The number of nitrogens with zero attached hydrogens (tertiary/aromatic N) is 2. The van der Waals surface area contributed by atoms with E-state index in [0.29, 0.717) is 37.6 Å². The lowest BCUT2D eigenvalue weighted by Crippen LogP contribution is -2.43. The molecule has 3 heterocycles. The van der Waals surface area contributed by atoms with E-state index in [2.05, 4.69) is 20.5 Å². The Hall–Kier alpha value is -2.74. The summed E-state index contributed by atoms with van der Waals surface area (Å²) in [5.41, 5.74) is 2.87. The molecular weight excluding hydrogens is 352 g/mol. The van der Waals surface area contributed by atoms with Crippen molar-refractivity contribution in [3.63, 3.8) is 0 Å². The molecule has 0 atom stereocenters. The van der Waals surface area contributed by atoms with E-state index >= 15 is 0 Å². The molecule has 0 aliphatic carbocycles. The lowest BCUT2D eigenvalue weighted by Gasteiger charge is -2.31. The van der Waals surface area contributed by atoms with Crippen molar-refractivity contribution in [3.8, 4) is 11.4 Å². The van der Waals surface area contributed by atoms with E-state index in [1.165, 1.54) is 0 Å². The summed E-state index contributed by atoms with van der Waals surface area (Å²) >= 11 is 0. The molecule has 3 N–H and O–H groups in total. The maximum atomic E-state index is 13.1. The second-order valence-corrected chi connectivity index (χ2v) is 6.89. The molecule has 2 aromatic heterocycles. The quantitative estimate of drug-likeness (QED) is 0.643. The summed E-state index contributed by atoms with van der Waals surface area (Å²) in [6.45, 7) is 1.69. The molecule has 1 fully saturated rings. The maximum Gasteiger partial charge on any atom is 0.269 e. The highest BCUT2D eigenvalue weighted by Gasteiger charge is 2.33. The maximum absolute atomic E-state index is 13.1. The summed E-state index contributed by atoms with van der Waals surface area (Å²) in [5.74, 6) is -2.80. The minimum atomic E-state index is -2.55. The number of aromatic amines is 2. The molecule has 27 heavy (non-hydrogen) atoms. The van der Waals surface area contributed by atoms with Gasteiger partial charge in [0.15, 0.2) is 0 Å². The lowest BCUT2D eigenvalue weighted by atomic mass is 10.1. The Labute approximate surface area is 154 Å². The molecule has 0 saturated carbocycles. The van der Waals surface area contributed by atoms with Crippen molar-refractivity contribution in [2.75, 3.05) is 26.2 Å². The van der Waals surface area contributed by atoms with Crippen LogP contribution in [0.25, 0.3) is 22.3 Å². The zero-order valence-corrected chi connectivity index (χ0v) is 14.8. The monoisotopic (exact) mass is 373 g/mol. The van der Waals surface area contributed by atoms with Crippen LogP contribution in [0.15, 0.2) is 36.4 Å². The van der Waals surface area contributed by atoms with Crippen LogP contribution in [0.5, 0.6) is 0 Å². The number of hydrogen-bond donors (Lipinski definition) is 3. The number of halogens is 2. The number of H-pyrrole nitrogens is 2. The van der Waals surface area contributed by atoms with Crippen LogP contribution in [0.1, 0.15) is 23.3 Å². The van der Waals surface area contributed by atoms with Crippen LogP contribution in [0.3, 0.4) is 0 Å². The summed E-state index contributed by atoms with van der Waals surface area (Å²) in [7, 11) is 0. The molecule has 4 rings (SSSR count). The number of hydrogen-bond acceptors (Lipinski definition) is 3. The van der Waals surface area contributed by atoms with Gasteiger partial charge in [-0.25, -0.2) is 8.78 Å². The number of amides is 1. The van der Waals surface area contributed by atoms with Gasteiger partial charge in [-0.15, -0.1) is 0 Å². The third-order valence-corrected chi connectivity index (χ3v) is 4.93. The Balaban J connectivity index is 1.32. The number of carbonyl (C=O) groups excluding carboxylic acids is 1. The number of carbonyl (C=O) groups is 1. The molecule has 1 aliphatic heterocycles. The topological polar surface area (TPSA) is 76.8 Å². The van der Waals surface area contributed by atoms with Crippen molar-refractivity contribution in [2.45, 2.75) is 18.8 Å². The van der Waals surface area contributed by atoms with Gasteiger partial charge in [0, 0.05) is 49.9 Å². The van der Waals surface area contributed by atoms with Crippen molar-refractivity contribution in [2.24, 2.45) is 0 Å². The van der Waals surface area contributed by atoms with Gasteiger partial charge in [0.2, 0.25) is 0 Å². The zero-order chi connectivity index (χ0) is 18.9. The minimum Gasteiger partial charge on any atom is -0.353 e. The molecule has 0 unspecified atom stereocenters. The largest absolute Gasteiger partial charge is 0.353 e. The Morgan fingerprint density at radius 1 is 1.22 bits per heavy atom. The normalized spacial score (nSPS) is 17.3. The standard InChI is InChI=1S/C19H21F2N5O/c20-19(21)5-8-26(9-6-19)10-7-22-18(27)17-12-16(24-25-17)15-11-13-3-1-2-4-14(13)23-15/h1-4,11-12,23H,5-10H2,(H,22,27)(H,24,25). The van der Waals surface area contributed by atoms with E-state index in [1.807, 2.05) is 35.2 Å². The van der Waals surface area contributed by atoms with Crippen molar-refractivity contribution in [1.82, 2.24) is 25.4 Å². The highest BCUT2D eigenvalue weighted by Crippen LogP contribution is 2.27. The van der Waals surface area contributed by atoms with Crippen LogP contribution >= 0.6 is 0 Å². The number of benzene rings is 1. The molecule has 0 radical (unpaired) electrons. The van der Waals surface area contributed by atoms with Crippen molar-refractivity contribution in [3.05, 3.63) is 42.1 Å². The van der Waals surface area contributed by atoms with E-state index in [-0.39, 0.29) is 18.7 Å². The first-order valence-electron chi connectivity index (χ1n) is 9.02. The molecule has 142 valence electrons. The van der Waals surface area contributed by atoms with Gasteiger partial charge in [0.25, 0.3) is 11.8 Å². The van der Waals surface area contributed by atoms with Gasteiger partial charge >= 0.3 is 0 Å². The molecule has 8 heteroatoms. The van der Waals surface area contributed by atoms with Gasteiger partial charge in [0.1, 0.15) is 11.4 Å². The molecule has 6 nitrogen and oxygen atoms in total. The smallest absolute Gasteiger partial charge is 0.269 e. The van der Waals surface area contributed by atoms with E-state index in [0.717, 1.165) is 16.6 Å². The fourth-order valence-corrected chi connectivity index (χ4v) is 3.31. The SMILES string of the molecule is O=C(NCCN1CCC(F)(F)CC1)c1cc(-c2cc3ccccc3[nH]2)n[nH]1. The molecule has 0 spiro atoms. The lowest BCUT2D eigenvalue weighted by molar-refractivity contribution is -0.0547. The molecule has 1 aliphatic rings. The fraction of sp³-hybridized carbons (Fsp3) is 0.368. The number of fused-ring (bicyclic) bond motifs is 1. The second-order valence-electron chi connectivity index (χ2n) is 6.89. The van der Waals surface area contributed by atoms with Gasteiger partial charge in [-0.2, -0.15) is 5.10 Å². The second kappa shape index (κ2) is 7.11. The highest BCUT2D eigenvalue weighted by atomic mass is 19.3. The summed E-state index contributed by atoms with van der Waals surface area (Å²) in [4.78, 5) is 17.5. The van der Waals surface area contributed by atoms with Crippen molar-refractivity contribution < 1.29 is 13.6 Å². The van der Waals surface area contributed by atoms with Crippen LogP contribution in [-0.4, -0.2) is 58.1 Å². The fourth-order valence-electron chi connectivity index (χ4n) is 3.31. The first-order chi connectivity index (χ1) is 13.0. The third kappa shape index (κ3) is 4.00. The van der Waals surface area contributed by atoms with Gasteiger partial charge in [-0.1, -0.05) is 18.2 Å². The molecule has 3 aromatic rings. The van der Waals surface area contributed by atoms with Crippen LogP contribution in [0, 0.1) is 0 Å². The number of para-hydroxylation sites is 1. The predicted molar refractivity (Wildman–Crippen MR) is 98.8 cm³/mol. The first-order valence-corrected chi connectivity index (χ1v) is 9.02. The van der Waals surface area contributed by atoms with Crippen molar-refractivity contribution >= 4 is 16.8 Å². The molecule has 1 aromatic carbocycles. The Kier molecular flexibility index (Phi) is 4.65. The van der Waals surface area contributed by atoms with Crippen LogP contribution in [-0.2, 0) is 0 Å². The first kappa shape index (κ1) is 17.7. The molecule has 0 bridgehead atoms. The highest BCUT2D eigenvalue weighted by molar-refractivity contribution is 5.93. The number of nitrogens with one attached hydrogen (secondary N) is 3. The van der Waals surface area contributed by atoms with Crippen LogP contribution in [0.2, 0.25) is 0 Å². The molecule has 1 amide bonds. The summed E-state index contributed by atoms with van der Waals surface area (Å²) < 4.78 is 26.3. The van der Waals surface area contributed by atoms with Crippen LogP contribution in [0.4, 0.5) is 8.78 Å². The van der Waals surface area contributed by atoms with E-state index in [1.54, 1.807) is 6.07 Å². The number of rotatable bonds is 5. The van der Waals surface area contributed by atoms with Gasteiger partial charge in [-0.05, 0) is 18.2 Å². The molecule has 1 saturated heterocycles. The molecular formula is C19H21F2N5O. The van der Waals surface area contributed by atoms with Gasteiger partial charge in [0.05, 0.1) is 5.69 Å². The Morgan fingerprint density at radius 2 is 2.00 bits per heavy atom. The van der Waals surface area contributed by atoms with Crippen LogP contribution < -0.4 is 5.32 Å². The average molecular weight is 373 g/mol. The summed E-state index contributed by atoms with van der Waals surface area (Å²) in [6, 6.07) is 11.6. The van der Waals surface area contributed by atoms with E-state index < -0.39 is 5.92 Å². The zero-order valence-electron chi connectivity index (χ0n) is 14.8. The average Bonchev–Trinajstić information content (AvgIpc) is 3.29.